The van der Waals surface area contributed by atoms with Gasteiger partial charge < -0.3 is 24.6 Å². The number of fused-ring (bicyclic) bond motifs is 1. The Morgan fingerprint density at radius 2 is 2.17 bits per heavy atom. The van der Waals surface area contributed by atoms with Gasteiger partial charge in [-0.15, -0.1) is 0 Å². The van der Waals surface area contributed by atoms with Gasteiger partial charge in [0.15, 0.2) is 11.4 Å². The minimum absolute atomic E-state index is 0.0834. The Morgan fingerprint density at radius 1 is 1.40 bits per heavy atom. The van der Waals surface area contributed by atoms with E-state index >= 15 is 0 Å². The molecule has 10 heteroatoms. The molecule has 158 valence electrons. The first-order valence-electron chi connectivity index (χ1n) is 9.28. The number of carbonyl (C=O) groups is 2. The summed E-state index contributed by atoms with van der Waals surface area (Å²) < 4.78 is 20.9. The third-order valence-corrected chi connectivity index (χ3v) is 6.03. The third kappa shape index (κ3) is 3.14. The van der Waals surface area contributed by atoms with E-state index in [2.05, 4.69) is 5.32 Å². The van der Waals surface area contributed by atoms with Gasteiger partial charge in [-0.1, -0.05) is 23.7 Å². The molecule has 8 nitrogen and oxygen atoms in total. The van der Waals surface area contributed by atoms with E-state index in [0.29, 0.717) is 19.6 Å². The van der Waals surface area contributed by atoms with Crippen LogP contribution in [-0.4, -0.2) is 52.2 Å². The summed E-state index contributed by atoms with van der Waals surface area (Å²) in [6.07, 6.45) is 1.85. The predicted octanol–water partition coefficient (Wildman–Crippen LogP) is 1.52. The molecule has 2 amide bonds. The van der Waals surface area contributed by atoms with Crippen molar-refractivity contribution in [2.45, 2.75) is 25.0 Å². The molecular weight excluding hydrogens is 417 g/mol. The number of aromatic nitrogens is 1. The van der Waals surface area contributed by atoms with E-state index in [-0.39, 0.29) is 34.9 Å². The molecule has 2 aromatic rings. The Labute approximate surface area is 175 Å². The van der Waals surface area contributed by atoms with Crippen LogP contribution in [0.2, 0.25) is 5.02 Å². The number of rotatable bonds is 3. The van der Waals surface area contributed by atoms with Gasteiger partial charge in [-0.25, -0.2) is 4.39 Å². The van der Waals surface area contributed by atoms with Crippen LogP contribution in [0.5, 0.6) is 5.75 Å². The summed E-state index contributed by atoms with van der Waals surface area (Å²) in [5.41, 5.74) is -1.94. The lowest BCUT2D eigenvalue weighted by molar-refractivity contribution is 0.0344. The predicted molar refractivity (Wildman–Crippen MR) is 105 cm³/mol. The van der Waals surface area contributed by atoms with E-state index in [1.165, 1.54) is 33.9 Å². The molecule has 2 aliphatic heterocycles. The van der Waals surface area contributed by atoms with Gasteiger partial charge in [-0.05, 0) is 12.5 Å². The highest BCUT2D eigenvalue weighted by Crippen LogP contribution is 2.34. The van der Waals surface area contributed by atoms with Gasteiger partial charge in [0.1, 0.15) is 11.4 Å². The van der Waals surface area contributed by atoms with Crippen molar-refractivity contribution in [3.05, 3.63) is 62.3 Å². The highest BCUT2D eigenvalue weighted by Gasteiger charge is 2.47. The molecular formula is C20H19ClFN3O5. The number of hydrogen-bond acceptors (Lipinski definition) is 5. The number of carbonyl (C=O) groups excluding carboxylic acids is 2. The smallest absolute Gasteiger partial charge is 0.274 e. The van der Waals surface area contributed by atoms with E-state index in [0.717, 1.165) is 0 Å². The Bertz CT molecular complexity index is 1110. The van der Waals surface area contributed by atoms with Gasteiger partial charge in [0.2, 0.25) is 5.43 Å². The zero-order valence-electron chi connectivity index (χ0n) is 16.1. The number of amides is 2. The van der Waals surface area contributed by atoms with Crippen LogP contribution >= 0.6 is 11.6 Å². The number of ether oxygens (including phenoxy) is 1. The lowest BCUT2D eigenvalue weighted by atomic mass is 9.92. The Morgan fingerprint density at radius 3 is 2.87 bits per heavy atom. The molecule has 2 N–H and O–H groups in total. The van der Waals surface area contributed by atoms with E-state index in [9.17, 15) is 23.9 Å². The second-order valence-corrected chi connectivity index (χ2v) is 7.89. The fraction of sp³-hybridized carbons (Fsp3) is 0.350. The van der Waals surface area contributed by atoms with Crippen molar-refractivity contribution in [1.82, 2.24) is 14.8 Å². The van der Waals surface area contributed by atoms with Crippen LogP contribution in [0.4, 0.5) is 4.39 Å². The second-order valence-electron chi connectivity index (χ2n) is 7.48. The van der Waals surface area contributed by atoms with Gasteiger partial charge in [-0.2, -0.15) is 0 Å². The standard InChI is InChI=1S/C20H19ClFN3O5/c1-24-19(29)15-17(27)16(26)12(8-25(15)9-20(24)5-6-30-10-20)18(28)23-7-11-3-2-4-13(21)14(11)22/h2-4,8,27H,5-7,9-10H2,1H3,(H,23,28). The quantitative estimate of drug-likeness (QED) is 0.761. The van der Waals surface area contributed by atoms with Gasteiger partial charge >= 0.3 is 0 Å². The molecule has 0 radical (unpaired) electrons. The van der Waals surface area contributed by atoms with Crippen LogP contribution in [0.25, 0.3) is 0 Å². The SMILES string of the molecule is CN1C(=O)c2c(O)c(=O)c(C(=O)NCc3cccc(Cl)c3F)cn2CC12CCOC2. The number of pyridine rings is 1. The highest BCUT2D eigenvalue weighted by molar-refractivity contribution is 6.30. The molecule has 0 bridgehead atoms. The number of benzene rings is 1. The molecule has 1 atom stereocenters. The number of hydrogen-bond donors (Lipinski definition) is 2. The average Bonchev–Trinajstić information content (AvgIpc) is 3.19. The summed E-state index contributed by atoms with van der Waals surface area (Å²) in [5, 5.41) is 12.8. The summed E-state index contributed by atoms with van der Waals surface area (Å²) in [4.78, 5) is 39.5. The summed E-state index contributed by atoms with van der Waals surface area (Å²) in [6, 6.07) is 4.38. The van der Waals surface area contributed by atoms with Gasteiger partial charge in [0.05, 0.1) is 17.2 Å². The molecule has 1 unspecified atom stereocenters. The van der Waals surface area contributed by atoms with Crippen LogP contribution in [-0.2, 0) is 17.8 Å². The van der Waals surface area contributed by atoms with Crippen LogP contribution < -0.4 is 10.7 Å². The van der Waals surface area contributed by atoms with Crippen molar-refractivity contribution < 1.29 is 23.8 Å². The first-order valence-corrected chi connectivity index (χ1v) is 9.66. The maximum atomic E-state index is 14.0. The van der Waals surface area contributed by atoms with Crippen molar-refractivity contribution in [1.29, 1.82) is 0 Å². The van der Waals surface area contributed by atoms with Crippen molar-refractivity contribution >= 4 is 23.4 Å². The molecule has 1 saturated heterocycles. The monoisotopic (exact) mass is 435 g/mol. The number of likely N-dealkylation sites (N-methyl/N-ethyl adjacent to an activating group) is 1. The largest absolute Gasteiger partial charge is 0.503 e. The van der Waals surface area contributed by atoms with Crippen LogP contribution in [0.15, 0.2) is 29.2 Å². The molecule has 1 fully saturated rings. The molecule has 0 saturated carbocycles. The number of halogens is 2. The first-order chi connectivity index (χ1) is 14.2. The maximum absolute atomic E-state index is 14.0. The highest BCUT2D eigenvalue weighted by atomic mass is 35.5. The Kier molecular flexibility index (Phi) is 5.03. The minimum atomic E-state index is -0.967. The van der Waals surface area contributed by atoms with Gasteiger partial charge in [-0.3, -0.25) is 14.4 Å². The molecule has 30 heavy (non-hydrogen) atoms. The van der Waals surface area contributed by atoms with Crippen molar-refractivity contribution in [3.63, 3.8) is 0 Å². The van der Waals surface area contributed by atoms with E-state index in [4.69, 9.17) is 16.3 Å². The Hall–Kier alpha value is -2.91. The van der Waals surface area contributed by atoms with Crippen LogP contribution in [0.1, 0.15) is 32.8 Å². The molecule has 1 aromatic heterocycles. The van der Waals surface area contributed by atoms with E-state index < -0.39 is 34.3 Å². The lowest BCUT2D eigenvalue weighted by Crippen LogP contribution is -2.57. The van der Waals surface area contributed by atoms with E-state index in [1.807, 2.05) is 0 Å². The molecule has 1 spiro atoms. The van der Waals surface area contributed by atoms with Crippen LogP contribution in [0, 0.1) is 5.82 Å². The fourth-order valence-corrected chi connectivity index (χ4v) is 4.09. The first kappa shape index (κ1) is 20.4. The fourth-order valence-electron chi connectivity index (χ4n) is 3.90. The van der Waals surface area contributed by atoms with Crippen LogP contribution in [0.3, 0.4) is 0 Å². The van der Waals surface area contributed by atoms with Crippen molar-refractivity contribution in [2.75, 3.05) is 20.3 Å². The topological polar surface area (TPSA) is 101 Å². The zero-order valence-corrected chi connectivity index (χ0v) is 16.8. The normalized spacial score (nSPS) is 20.5. The summed E-state index contributed by atoms with van der Waals surface area (Å²) in [7, 11) is 1.60. The maximum Gasteiger partial charge on any atom is 0.274 e. The molecule has 2 aliphatic rings. The molecule has 1 aromatic carbocycles. The van der Waals surface area contributed by atoms with E-state index in [1.54, 1.807) is 7.05 Å². The lowest BCUT2D eigenvalue weighted by Gasteiger charge is -2.42. The molecule has 4 rings (SSSR count). The second kappa shape index (κ2) is 7.41. The minimum Gasteiger partial charge on any atom is -0.503 e. The number of nitrogens with one attached hydrogen (secondary N) is 1. The molecule has 3 heterocycles. The Balaban J connectivity index is 1.66. The van der Waals surface area contributed by atoms with Gasteiger partial charge in [0.25, 0.3) is 11.8 Å². The summed E-state index contributed by atoms with van der Waals surface area (Å²) in [6.45, 7) is 0.864. The average molecular weight is 436 g/mol. The third-order valence-electron chi connectivity index (χ3n) is 5.74. The molecule has 0 aliphatic carbocycles. The van der Waals surface area contributed by atoms with Gasteiger partial charge in [0, 0.05) is 38.5 Å². The number of nitrogens with zero attached hydrogens (tertiary/aromatic N) is 2. The van der Waals surface area contributed by atoms with Crippen molar-refractivity contribution in [3.8, 4) is 5.75 Å². The summed E-state index contributed by atoms with van der Waals surface area (Å²) in [5.74, 6) is -2.77. The number of aromatic hydroxyl groups is 1. The summed E-state index contributed by atoms with van der Waals surface area (Å²) >= 11 is 5.74. The van der Waals surface area contributed by atoms with Crippen molar-refractivity contribution in [2.24, 2.45) is 0 Å². The zero-order chi connectivity index (χ0) is 21.6.